The summed E-state index contributed by atoms with van der Waals surface area (Å²) < 4.78 is 6.81. The van der Waals surface area contributed by atoms with Gasteiger partial charge in [0.2, 0.25) is 0 Å². The van der Waals surface area contributed by atoms with E-state index >= 15 is 0 Å². The first kappa shape index (κ1) is 49.3. The molecule has 0 N–H and O–H groups in total. The third-order valence-corrected chi connectivity index (χ3v) is 17.7. The van der Waals surface area contributed by atoms with Crippen molar-refractivity contribution in [1.29, 1.82) is 0 Å². The smallest absolute Gasteiger partial charge is 0.143 e. The van der Waals surface area contributed by atoms with Crippen LogP contribution in [0.2, 0.25) is 0 Å². The van der Waals surface area contributed by atoms with E-state index in [1.807, 2.05) is 0 Å². The first-order chi connectivity index (χ1) is 38.7. The third kappa shape index (κ3) is 7.75. The molecule has 1 heterocycles. The molecule has 388 valence electrons. The van der Waals surface area contributed by atoms with Gasteiger partial charge in [-0.3, -0.25) is 0 Å². The number of hydrogen-bond donors (Lipinski definition) is 0. The van der Waals surface area contributed by atoms with E-state index in [1.165, 1.54) is 77.9 Å². The maximum absolute atomic E-state index is 6.81. The van der Waals surface area contributed by atoms with E-state index in [-0.39, 0.29) is 16.2 Å². The number of hydrogen-bond acceptors (Lipinski definition) is 2. The maximum atomic E-state index is 6.81. The summed E-state index contributed by atoms with van der Waals surface area (Å²) in [6.45, 7) is 18.7. The van der Waals surface area contributed by atoms with Crippen LogP contribution in [0.15, 0.2) is 253 Å². The lowest BCUT2D eigenvalue weighted by molar-refractivity contribution is 0.569. The Hall–Kier alpha value is -8.98. The molecule has 0 fully saturated rings. The molecule has 0 radical (unpaired) electrons. The molecule has 0 saturated carbocycles. The fraction of sp³-hybridized carbons (Fsp3) is 0.154. The van der Waals surface area contributed by atoms with Gasteiger partial charge in [0, 0.05) is 38.7 Å². The highest BCUT2D eigenvalue weighted by atomic mass is 16.3. The zero-order valence-corrected chi connectivity index (χ0v) is 47.0. The molecule has 11 aromatic carbocycles. The minimum absolute atomic E-state index is 0.000889. The molecule has 0 saturated heterocycles. The fourth-order valence-electron chi connectivity index (χ4n) is 13.5. The molecule has 0 spiro atoms. The van der Waals surface area contributed by atoms with Gasteiger partial charge < -0.3 is 9.32 Å². The maximum Gasteiger partial charge on any atom is 0.143 e. The van der Waals surface area contributed by atoms with Crippen LogP contribution in [-0.2, 0) is 21.7 Å². The number of fused-ring (bicyclic) bond motifs is 9. The molecule has 0 amide bonds. The second kappa shape index (κ2) is 18.3. The molecule has 2 aliphatic rings. The van der Waals surface area contributed by atoms with Crippen molar-refractivity contribution in [3.8, 4) is 55.6 Å². The van der Waals surface area contributed by atoms with E-state index in [0.29, 0.717) is 0 Å². The molecule has 0 atom stereocenters. The second-order valence-corrected chi connectivity index (χ2v) is 24.9. The van der Waals surface area contributed by atoms with Crippen LogP contribution in [-0.4, -0.2) is 0 Å². The van der Waals surface area contributed by atoms with Crippen LogP contribution in [0.1, 0.15) is 99.9 Å². The molecular weight excluding hydrogens is 967 g/mol. The second-order valence-electron chi connectivity index (χ2n) is 24.9. The lowest BCUT2D eigenvalue weighted by atomic mass is 9.67. The SMILES string of the molecule is CC(C)(C)c1cc(-c2ccc(-c3ccc(-c4cccc5c4oc4ccccc45)cc3N(c3cccc(C4(c5ccccc5)c5ccccc5-c5ccccc54)c3)c3ccc4c(c3)C(C)(C)c3ccccc3-4)cc2)cc(C(C)(C)C)c1. The van der Waals surface area contributed by atoms with E-state index in [4.69, 9.17) is 4.42 Å². The average Bonchev–Trinajstić information content (AvgIpc) is 4.31. The Balaban J connectivity index is 1.03. The number of rotatable bonds is 8. The van der Waals surface area contributed by atoms with Crippen molar-refractivity contribution in [3.63, 3.8) is 0 Å². The Labute approximate surface area is 471 Å². The van der Waals surface area contributed by atoms with Crippen LogP contribution in [0.4, 0.5) is 17.1 Å². The van der Waals surface area contributed by atoms with Crippen LogP contribution in [0, 0.1) is 0 Å². The first-order valence-corrected chi connectivity index (χ1v) is 28.4. The molecule has 80 heavy (non-hydrogen) atoms. The van der Waals surface area contributed by atoms with Gasteiger partial charge in [0.15, 0.2) is 0 Å². The Morgan fingerprint density at radius 1 is 0.338 bits per heavy atom. The number of anilines is 3. The third-order valence-electron chi connectivity index (χ3n) is 17.7. The van der Waals surface area contributed by atoms with Gasteiger partial charge in [-0.15, -0.1) is 0 Å². The van der Waals surface area contributed by atoms with Crippen LogP contribution in [0.3, 0.4) is 0 Å². The van der Waals surface area contributed by atoms with E-state index in [1.54, 1.807) is 0 Å². The average molecular weight is 1030 g/mol. The molecule has 2 nitrogen and oxygen atoms in total. The van der Waals surface area contributed by atoms with E-state index in [9.17, 15) is 0 Å². The predicted molar refractivity (Wildman–Crippen MR) is 337 cm³/mol. The number of nitrogens with zero attached hydrogens (tertiary/aromatic N) is 1. The van der Waals surface area contributed by atoms with Crippen LogP contribution >= 0.6 is 0 Å². The summed E-state index contributed by atoms with van der Waals surface area (Å²) >= 11 is 0. The van der Waals surface area contributed by atoms with E-state index in [2.05, 4.69) is 309 Å². The van der Waals surface area contributed by atoms with E-state index < -0.39 is 5.41 Å². The summed E-state index contributed by atoms with van der Waals surface area (Å²) in [6.07, 6.45) is 0. The topological polar surface area (TPSA) is 16.4 Å². The van der Waals surface area contributed by atoms with Crippen molar-refractivity contribution in [2.75, 3.05) is 4.90 Å². The number of benzene rings is 11. The zero-order chi connectivity index (χ0) is 54.7. The van der Waals surface area contributed by atoms with Gasteiger partial charge in [0.05, 0.1) is 11.1 Å². The quantitative estimate of drug-likeness (QED) is 0.151. The molecule has 12 aromatic rings. The highest BCUT2D eigenvalue weighted by Crippen LogP contribution is 2.58. The molecule has 0 aliphatic heterocycles. The molecule has 2 heteroatoms. The van der Waals surface area contributed by atoms with Crippen molar-refractivity contribution in [2.24, 2.45) is 0 Å². The summed E-state index contributed by atoms with van der Waals surface area (Å²) in [7, 11) is 0. The highest BCUT2D eigenvalue weighted by Gasteiger charge is 2.46. The first-order valence-electron chi connectivity index (χ1n) is 28.4. The summed E-state index contributed by atoms with van der Waals surface area (Å²) in [5.74, 6) is 0. The minimum Gasteiger partial charge on any atom is -0.455 e. The number of furan rings is 1. The molecule has 0 unspecified atom stereocenters. The zero-order valence-electron chi connectivity index (χ0n) is 47.0. The molecule has 0 bridgehead atoms. The largest absolute Gasteiger partial charge is 0.455 e. The van der Waals surface area contributed by atoms with Crippen LogP contribution in [0.5, 0.6) is 0 Å². The number of para-hydroxylation sites is 2. The fourth-order valence-corrected chi connectivity index (χ4v) is 13.5. The Morgan fingerprint density at radius 2 is 0.850 bits per heavy atom. The Bertz CT molecular complexity index is 4320. The molecule has 14 rings (SSSR count). The van der Waals surface area contributed by atoms with Gasteiger partial charge in [-0.25, -0.2) is 0 Å². The van der Waals surface area contributed by atoms with Gasteiger partial charge >= 0.3 is 0 Å². The Morgan fingerprint density at radius 3 is 1.54 bits per heavy atom. The lowest BCUT2D eigenvalue weighted by Crippen LogP contribution is -2.28. The summed E-state index contributed by atoms with van der Waals surface area (Å²) in [5, 5.41) is 2.23. The molecular formula is C78H65NO. The normalized spacial score (nSPS) is 13.9. The van der Waals surface area contributed by atoms with Crippen molar-refractivity contribution >= 4 is 39.0 Å². The van der Waals surface area contributed by atoms with Crippen LogP contribution in [0.25, 0.3) is 77.6 Å². The standard InChI is InChI=1S/C78H65NO/c1-75(2,3)56-44-53(45-57(47-56)76(4,5)6)50-36-38-51(39-37-50)60-42-40-52(61-30-21-31-67-66-29-15-19-35-73(66)80-74(61)67)46-72(60)79(59-41-43-65-62-26-12-16-32-68(62)77(7,8)71(65)49-59)58-25-20-24-55(48-58)78(54-22-10-9-11-23-54)69-33-17-13-27-63(69)64-28-14-18-34-70(64)78/h9-49H,1-8H3. The summed E-state index contributed by atoms with van der Waals surface area (Å²) in [5.41, 5.74) is 26.5. The van der Waals surface area contributed by atoms with Gasteiger partial charge in [-0.2, -0.15) is 0 Å². The summed E-state index contributed by atoms with van der Waals surface area (Å²) in [4.78, 5) is 2.54. The van der Waals surface area contributed by atoms with E-state index in [0.717, 1.165) is 61.3 Å². The predicted octanol–water partition coefficient (Wildman–Crippen LogP) is 21.3. The highest BCUT2D eigenvalue weighted by molar-refractivity contribution is 6.10. The van der Waals surface area contributed by atoms with Gasteiger partial charge in [-0.05, 0) is 136 Å². The minimum atomic E-state index is -0.591. The molecule has 2 aliphatic carbocycles. The lowest BCUT2D eigenvalue weighted by Gasteiger charge is -2.35. The van der Waals surface area contributed by atoms with Gasteiger partial charge in [-0.1, -0.05) is 268 Å². The molecule has 1 aromatic heterocycles. The monoisotopic (exact) mass is 1030 g/mol. The van der Waals surface area contributed by atoms with Gasteiger partial charge in [0.25, 0.3) is 0 Å². The van der Waals surface area contributed by atoms with Crippen molar-refractivity contribution < 1.29 is 4.42 Å². The van der Waals surface area contributed by atoms with Crippen molar-refractivity contribution in [1.82, 2.24) is 0 Å². The van der Waals surface area contributed by atoms with Gasteiger partial charge in [0.1, 0.15) is 11.2 Å². The van der Waals surface area contributed by atoms with Crippen molar-refractivity contribution in [3.05, 3.63) is 293 Å². The van der Waals surface area contributed by atoms with Crippen molar-refractivity contribution in [2.45, 2.75) is 77.0 Å². The Kier molecular flexibility index (Phi) is 11.3. The summed E-state index contributed by atoms with van der Waals surface area (Å²) in [6, 6.07) is 93.4. The van der Waals surface area contributed by atoms with Crippen LogP contribution < -0.4 is 4.90 Å².